The van der Waals surface area contributed by atoms with Crippen molar-refractivity contribution in [1.82, 2.24) is 9.97 Å². The number of nitrogens with zero attached hydrogens (tertiary/aromatic N) is 2. The molecule has 2 aliphatic carbocycles. The van der Waals surface area contributed by atoms with Gasteiger partial charge in [0.15, 0.2) is 0 Å². The maximum atomic E-state index is 5.07. The van der Waals surface area contributed by atoms with Gasteiger partial charge in [0.1, 0.15) is 0 Å². The zero-order valence-electron chi connectivity index (χ0n) is 23.5. The van der Waals surface area contributed by atoms with Crippen molar-refractivity contribution in [3.05, 3.63) is 70.5 Å². The lowest BCUT2D eigenvalue weighted by atomic mass is 9.92. The summed E-state index contributed by atoms with van der Waals surface area (Å²) in [5.41, 5.74) is 11.9. The summed E-state index contributed by atoms with van der Waals surface area (Å²) in [6.45, 7) is 4.29. The van der Waals surface area contributed by atoms with Gasteiger partial charge in [-0.3, -0.25) is 9.97 Å². The second-order valence-electron chi connectivity index (χ2n) is 11.3. The lowest BCUT2D eigenvalue weighted by Crippen LogP contribution is -2.13. The van der Waals surface area contributed by atoms with E-state index in [9.17, 15) is 0 Å². The number of benzene rings is 2. The third-order valence-corrected chi connectivity index (χ3v) is 8.62. The normalized spacial score (nSPS) is 14.5. The molecule has 0 bridgehead atoms. The summed E-state index contributed by atoms with van der Waals surface area (Å²) < 4.78 is 0. The van der Waals surface area contributed by atoms with Crippen LogP contribution < -0.4 is 10.6 Å². The number of fused-ring (bicyclic) bond motifs is 4. The van der Waals surface area contributed by atoms with Gasteiger partial charge in [0, 0.05) is 46.6 Å². The highest BCUT2D eigenvalue weighted by molar-refractivity contribution is 5.95. The lowest BCUT2D eigenvalue weighted by molar-refractivity contribution is 0.633. The zero-order valence-corrected chi connectivity index (χ0v) is 24.3. The van der Waals surface area contributed by atoms with Crippen molar-refractivity contribution in [3.63, 3.8) is 0 Å². The minimum Gasteiger partial charge on any atom is -0.384 e. The highest BCUT2D eigenvalue weighted by atomic mass is 35.5. The predicted octanol–water partition coefficient (Wildman–Crippen LogP) is 8.75. The number of rotatable bonds is 10. The van der Waals surface area contributed by atoms with Crippen LogP contribution in [-0.4, -0.2) is 23.1 Å². The first-order valence-electron chi connectivity index (χ1n) is 15.1. The van der Waals surface area contributed by atoms with E-state index in [0.717, 1.165) is 44.3 Å². The molecule has 0 aliphatic heterocycles. The van der Waals surface area contributed by atoms with E-state index in [1.54, 1.807) is 0 Å². The van der Waals surface area contributed by atoms with Crippen LogP contribution in [0.5, 0.6) is 0 Å². The fourth-order valence-electron chi connectivity index (χ4n) is 6.57. The Hall–Kier alpha value is -2.85. The van der Waals surface area contributed by atoms with Crippen LogP contribution >= 0.6 is 12.4 Å². The molecule has 4 nitrogen and oxygen atoms in total. The number of hydrogen-bond acceptors (Lipinski definition) is 4. The smallest absolute Gasteiger partial charge is 0.0755 e. The molecule has 39 heavy (non-hydrogen) atoms. The highest BCUT2D eigenvalue weighted by Crippen LogP contribution is 2.35. The molecule has 5 heteroatoms. The van der Waals surface area contributed by atoms with Gasteiger partial charge in [-0.1, -0.05) is 55.7 Å². The minimum atomic E-state index is 0. The van der Waals surface area contributed by atoms with Crippen LogP contribution in [-0.2, 0) is 25.7 Å². The van der Waals surface area contributed by atoms with Gasteiger partial charge in [0.2, 0.25) is 0 Å². The molecule has 206 valence electrons. The zero-order chi connectivity index (χ0) is 25.7. The van der Waals surface area contributed by atoms with Gasteiger partial charge >= 0.3 is 0 Å². The second-order valence-corrected chi connectivity index (χ2v) is 11.3. The average Bonchev–Trinajstić information content (AvgIpc) is 2.95. The number of pyridine rings is 2. The van der Waals surface area contributed by atoms with Gasteiger partial charge in [-0.25, -0.2) is 0 Å². The quantitative estimate of drug-likeness (QED) is 0.197. The van der Waals surface area contributed by atoms with Crippen molar-refractivity contribution >= 4 is 45.6 Å². The Bertz CT molecular complexity index is 1430. The fourth-order valence-corrected chi connectivity index (χ4v) is 6.57. The predicted molar refractivity (Wildman–Crippen MR) is 169 cm³/mol. The topological polar surface area (TPSA) is 49.8 Å². The van der Waals surface area contributed by atoms with Gasteiger partial charge in [0.05, 0.1) is 11.0 Å². The molecule has 2 aliphatic rings. The maximum absolute atomic E-state index is 5.07. The third-order valence-electron chi connectivity index (χ3n) is 8.62. The molecule has 0 amide bonds. The fraction of sp³-hybridized carbons (Fsp3) is 0.471. The summed E-state index contributed by atoms with van der Waals surface area (Å²) in [6, 6.07) is 15.3. The van der Waals surface area contributed by atoms with Crippen molar-refractivity contribution in [2.45, 2.75) is 90.4 Å². The number of hydrogen-bond donors (Lipinski definition) is 2. The van der Waals surface area contributed by atoms with Crippen molar-refractivity contribution in [1.29, 1.82) is 0 Å². The van der Waals surface area contributed by atoms with Crippen LogP contribution in [0, 0.1) is 6.92 Å². The number of nitrogens with one attached hydrogen (secondary N) is 2. The van der Waals surface area contributed by atoms with Crippen molar-refractivity contribution in [2.24, 2.45) is 0 Å². The van der Waals surface area contributed by atoms with Crippen LogP contribution in [0.2, 0.25) is 0 Å². The number of anilines is 2. The van der Waals surface area contributed by atoms with E-state index < -0.39 is 0 Å². The highest BCUT2D eigenvalue weighted by Gasteiger charge is 2.19. The second kappa shape index (κ2) is 13.0. The molecular weight excluding hydrogens is 500 g/mol. The average molecular weight is 543 g/mol. The largest absolute Gasteiger partial charge is 0.384 e. The SMILES string of the molecule is Cc1cccc2c(NCCCCCCCNc3c4c(nc5ccccc35)CCCC4)c3c(nc12)CCCC3.Cl. The maximum Gasteiger partial charge on any atom is 0.0755 e. The number of unbranched alkanes of at least 4 members (excludes halogenated alkanes) is 4. The van der Waals surface area contributed by atoms with Gasteiger partial charge in [-0.2, -0.15) is 0 Å². The van der Waals surface area contributed by atoms with E-state index in [1.165, 1.54) is 114 Å². The third kappa shape index (κ3) is 6.01. The summed E-state index contributed by atoms with van der Waals surface area (Å²) in [5.74, 6) is 0. The van der Waals surface area contributed by atoms with Gasteiger partial charge in [-0.05, 0) is 93.9 Å². The van der Waals surface area contributed by atoms with Crippen molar-refractivity contribution in [3.8, 4) is 0 Å². The van der Waals surface area contributed by atoms with Crippen LogP contribution in [0.1, 0.15) is 85.9 Å². The number of halogens is 1. The molecule has 0 saturated carbocycles. The summed E-state index contributed by atoms with van der Waals surface area (Å²) in [7, 11) is 0. The van der Waals surface area contributed by atoms with E-state index in [1.807, 2.05) is 0 Å². The molecule has 4 aromatic rings. The molecule has 0 spiro atoms. The van der Waals surface area contributed by atoms with Crippen LogP contribution in [0.3, 0.4) is 0 Å². The van der Waals surface area contributed by atoms with E-state index >= 15 is 0 Å². The summed E-state index contributed by atoms with van der Waals surface area (Å²) in [5, 5.41) is 10.3. The molecule has 0 unspecified atom stereocenters. The lowest BCUT2D eigenvalue weighted by Gasteiger charge is -2.22. The molecule has 6 rings (SSSR count). The number of para-hydroxylation sites is 2. The summed E-state index contributed by atoms with van der Waals surface area (Å²) in [4.78, 5) is 10.1. The van der Waals surface area contributed by atoms with Crippen LogP contribution in [0.4, 0.5) is 11.4 Å². The van der Waals surface area contributed by atoms with E-state index in [0.29, 0.717) is 0 Å². The van der Waals surface area contributed by atoms with E-state index in [4.69, 9.17) is 9.97 Å². The first-order valence-corrected chi connectivity index (χ1v) is 15.1. The summed E-state index contributed by atoms with van der Waals surface area (Å²) >= 11 is 0. The first-order chi connectivity index (χ1) is 18.8. The molecule has 0 radical (unpaired) electrons. The molecule has 2 aromatic heterocycles. The van der Waals surface area contributed by atoms with Gasteiger partial charge in [-0.15, -0.1) is 12.4 Å². The standard InChI is InChI=1S/C34H42N4.ClH/c1-24-14-13-18-28-32(24)38-31-21-10-7-17-27(31)34(28)36-23-12-4-2-3-11-22-35-33-25-15-5-8-19-29(25)37-30-20-9-6-16-26(30)33;/h5,8,13-15,18-19H,2-4,6-7,9-12,16-17,20-23H2,1H3,(H,35,37)(H,36,38);1H. The number of aryl methyl sites for hydroxylation is 3. The van der Waals surface area contributed by atoms with E-state index in [2.05, 4.69) is 60.0 Å². The van der Waals surface area contributed by atoms with Gasteiger partial charge in [0.25, 0.3) is 0 Å². The summed E-state index contributed by atoms with van der Waals surface area (Å²) in [6.07, 6.45) is 16.0. The van der Waals surface area contributed by atoms with Crippen LogP contribution in [0.25, 0.3) is 21.8 Å². The Kier molecular flexibility index (Phi) is 9.24. The molecule has 2 heterocycles. The first kappa shape index (κ1) is 27.7. The Balaban J connectivity index is 0.00000308. The monoisotopic (exact) mass is 542 g/mol. The Morgan fingerprint density at radius 2 is 1.18 bits per heavy atom. The van der Waals surface area contributed by atoms with Crippen molar-refractivity contribution in [2.75, 3.05) is 23.7 Å². The molecule has 0 atom stereocenters. The van der Waals surface area contributed by atoms with Gasteiger partial charge < -0.3 is 10.6 Å². The molecule has 2 aromatic carbocycles. The Morgan fingerprint density at radius 1 is 0.615 bits per heavy atom. The minimum absolute atomic E-state index is 0. The molecule has 0 fully saturated rings. The van der Waals surface area contributed by atoms with E-state index in [-0.39, 0.29) is 12.4 Å². The Morgan fingerprint density at radius 3 is 1.90 bits per heavy atom. The number of aromatic nitrogens is 2. The van der Waals surface area contributed by atoms with Crippen molar-refractivity contribution < 1.29 is 0 Å². The molecule has 2 N–H and O–H groups in total. The molecular formula is C34H43ClN4. The van der Waals surface area contributed by atoms with Crippen LogP contribution in [0.15, 0.2) is 42.5 Å². The molecule has 0 saturated heterocycles. The Labute approximate surface area is 239 Å².